The Labute approximate surface area is 95.1 Å². The Kier molecular flexibility index (Phi) is 3.48. The lowest BCUT2D eigenvalue weighted by Gasteiger charge is -2.22. The summed E-state index contributed by atoms with van der Waals surface area (Å²) in [4.78, 5) is 0.156. The van der Waals surface area contributed by atoms with E-state index in [1.54, 1.807) is 36.0 Å². The smallest absolute Gasteiger partial charge is 0.225 e. The molecule has 0 radical (unpaired) electrons. The molecule has 0 fully saturated rings. The van der Waals surface area contributed by atoms with E-state index in [1.165, 1.54) is 0 Å². The fourth-order valence-corrected chi connectivity index (χ4v) is 2.05. The Bertz CT molecular complexity index is 435. The van der Waals surface area contributed by atoms with E-state index in [2.05, 4.69) is 13.8 Å². The van der Waals surface area contributed by atoms with Gasteiger partial charge in [0.05, 0.1) is 4.90 Å². The van der Waals surface area contributed by atoms with Crippen molar-refractivity contribution in [2.24, 2.45) is 5.14 Å². The van der Waals surface area contributed by atoms with Crippen LogP contribution < -0.4 is 5.14 Å². The Morgan fingerprint density at radius 2 is 1.67 bits per heavy atom. The maximum absolute atomic E-state index is 11.0. The Balaban J connectivity index is 3.12. The first-order valence-corrected chi connectivity index (χ1v) is 7.23. The quantitative estimate of drug-likeness (QED) is 0.885. The van der Waals surface area contributed by atoms with Gasteiger partial charge in [0, 0.05) is 4.75 Å². The van der Waals surface area contributed by atoms with Crippen LogP contribution in [0.3, 0.4) is 0 Å². The van der Waals surface area contributed by atoms with Crippen LogP contribution in [0.5, 0.6) is 0 Å². The lowest BCUT2D eigenvalue weighted by atomic mass is 10.0. The molecule has 0 heterocycles. The van der Waals surface area contributed by atoms with Crippen molar-refractivity contribution in [3.05, 3.63) is 29.8 Å². The lowest BCUT2D eigenvalue weighted by Crippen LogP contribution is -2.14. The van der Waals surface area contributed by atoms with Crippen molar-refractivity contribution in [1.29, 1.82) is 0 Å². The normalized spacial score (nSPS) is 12.8. The average molecular weight is 245 g/mol. The molecule has 5 heteroatoms. The van der Waals surface area contributed by atoms with Gasteiger partial charge in [-0.1, -0.05) is 12.1 Å². The van der Waals surface area contributed by atoms with Crippen LogP contribution in [0.2, 0.25) is 0 Å². The third-order valence-corrected chi connectivity index (χ3v) is 4.57. The van der Waals surface area contributed by atoms with Crippen LogP contribution in [0.25, 0.3) is 0 Å². The van der Waals surface area contributed by atoms with Gasteiger partial charge in [-0.25, -0.2) is 13.6 Å². The van der Waals surface area contributed by atoms with E-state index < -0.39 is 10.0 Å². The molecule has 84 valence electrons. The summed E-state index contributed by atoms with van der Waals surface area (Å²) in [6.45, 7) is 4.17. The van der Waals surface area contributed by atoms with E-state index in [1.807, 2.05) is 6.26 Å². The minimum absolute atomic E-state index is 0.0170. The zero-order valence-corrected chi connectivity index (χ0v) is 10.7. The molecular weight excluding hydrogens is 230 g/mol. The Hall–Kier alpha value is -0.520. The summed E-state index contributed by atoms with van der Waals surface area (Å²) in [6.07, 6.45) is 2.02. The fraction of sp³-hybridized carbons (Fsp3) is 0.400. The van der Waals surface area contributed by atoms with Gasteiger partial charge < -0.3 is 0 Å². The molecule has 2 N–H and O–H groups in total. The van der Waals surface area contributed by atoms with E-state index in [9.17, 15) is 8.42 Å². The third kappa shape index (κ3) is 2.96. The number of benzene rings is 1. The fourth-order valence-electron chi connectivity index (χ4n) is 1.16. The van der Waals surface area contributed by atoms with E-state index >= 15 is 0 Å². The largest absolute Gasteiger partial charge is 0.238 e. The SMILES string of the molecule is CSC(C)(C)c1ccc(S(N)(=O)=O)cc1. The second kappa shape index (κ2) is 4.15. The van der Waals surface area contributed by atoms with E-state index in [0.717, 1.165) is 5.56 Å². The van der Waals surface area contributed by atoms with Crippen LogP contribution in [0.4, 0.5) is 0 Å². The summed E-state index contributed by atoms with van der Waals surface area (Å²) in [7, 11) is -3.58. The first kappa shape index (κ1) is 12.5. The molecule has 0 saturated heterocycles. The monoisotopic (exact) mass is 245 g/mol. The van der Waals surface area contributed by atoms with Gasteiger partial charge in [-0.3, -0.25) is 0 Å². The van der Waals surface area contributed by atoms with Gasteiger partial charge in [0.1, 0.15) is 0 Å². The number of primary sulfonamides is 1. The van der Waals surface area contributed by atoms with Crippen LogP contribution in [0.15, 0.2) is 29.2 Å². The highest BCUT2D eigenvalue weighted by molar-refractivity contribution is 7.99. The van der Waals surface area contributed by atoms with Gasteiger partial charge in [-0.15, -0.1) is 0 Å². The van der Waals surface area contributed by atoms with Crippen LogP contribution in [0, 0.1) is 0 Å². The van der Waals surface area contributed by atoms with Gasteiger partial charge in [-0.2, -0.15) is 11.8 Å². The van der Waals surface area contributed by atoms with Gasteiger partial charge in [0.15, 0.2) is 0 Å². The van der Waals surface area contributed by atoms with Crippen molar-refractivity contribution in [1.82, 2.24) is 0 Å². The van der Waals surface area contributed by atoms with Gasteiger partial charge in [-0.05, 0) is 37.8 Å². The van der Waals surface area contributed by atoms with Gasteiger partial charge >= 0.3 is 0 Å². The van der Waals surface area contributed by atoms with Crippen LogP contribution in [-0.2, 0) is 14.8 Å². The molecular formula is C10H15NO2S2. The second-order valence-electron chi connectivity index (χ2n) is 3.78. The molecule has 0 aliphatic heterocycles. The highest BCUT2D eigenvalue weighted by Gasteiger charge is 2.19. The highest BCUT2D eigenvalue weighted by atomic mass is 32.2. The molecule has 15 heavy (non-hydrogen) atoms. The first-order chi connectivity index (χ1) is 6.77. The molecule has 0 saturated carbocycles. The topological polar surface area (TPSA) is 60.2 Å². The predicted molar refractivity (Wildman–Crippen MR) is 64.4 cm³/mol. The van der Waals surface area contributed by atoms with Crippen molar-refractivity contribution >= 4 is 21.8 Å². The van der Waals surface area contributed by atoms with Crippen molar-refractivity contribution in [2.75, 3.05) is 6.26 Å². The molecule has 3 nitrogen and oxygen atoms in total. The summed E-state index contributed by atoms with van der Waals surface area (Å²) in [5.74, 6) is 0. The minimum atomic E-state index is -3.58. The zero-order valence-electron chi connectivity index (χ0n) is 9.02. The molecule has 0 amide bonds. The molecule has 1 aromatic carbocycles. The number of rotatable bonds is 3. The third-order valence-electron chi connectivity index (χ3n) is 2.39. The van der Waals surface area contributed by atoms with Crippen molar-refractivity contribution in [3.63, 3.8) is 0 Å². The molecule has 0 unspecified atom stereocenters. The molecule has 1 rings (SSSR count). The summed E-state index contributed by atoms with van der Waals surface area (Å²) in [5, 5.41) is 5.02. The Morgan fingerprint density at radius 3 is 2.00 bits per heavy atom. The van der Waals surface area contributed by atoms with Crippen LogP contribution in [-0.4, -0.2) is 14.7 Å². The zero-order chi connectivity index (χ0) is 11.7. The van der Waals surface area contributed by atoms with Crippen molar-refractivity contribution in [2.45, 2.75) is 23.5 Å². The average Bonchev–Trinajstić information content (AvgIpc) is 2.17. The number of thioether (sulfide) groups is 1. The number of sulfonamides is 1. The molecule has 1 aromatic rings. The second-order valence-corrected chi connectivity index (χ2v) is 6.77. The van der Waals surface area contributed by atoms with Crippen molar-refractivity contribution in [3.8, 4) is 0 Å². The number of hydrogen-bond acceptors (Lipinski definition) is 3. The number of nitrogens with two attached hydrogens (primary N) is 1. The summed E-state index contributed by atoms with van der Waals surface area (Å²) < 4.78 is 22.1. The minimum Gasteiger partial charge on any atom is -0.225 e. The molecule has 0 spiro atoms. The maximum atomic E-state index is 11.0. The summed E-state index contributed by atoms with van der Waals surface area (Å²) >= 11 is 1.71. The predicted octanol–water partition coefficient (Wildman–Crippen LogP) is 1.93. The van der Waals surface area contributed by atoms with E-state index in [-0.39, 0.29) is 9.64 Å². The first-order valence-electron chi connectivity index (χ1n) is 4.46. The van der Waals surface area contributed by atoms with Gasteiger partial charge in [0.25, 0.3) is 0 Å². The van der Waals surface area contributed by atoms with Crippen molar-refractivity contribution < 1.29 is 8.42 Å². The van der Waals surface area contributed by atoms with E-state index in [4.69, 9.17) is 5.14 Å². The molecule has 0 aliphatic rings. The van der Waals surface area contributed by atoms with Gasteiger partial charge in [0.2, 0.25) is 10.0 Å². The molecule has 0 aromatic heterocycles. The highest BCUT2D eigenvalue weighted by Crippen LogP contribution is 2.33. The summed E-state index contributed by atoms with van der Waals surface area (Å²) in [5.41, 5.74) is 1.09. The Morgan fingerprint density at radius 1 is 1.20 bits per heavy atom. The van der Waals surface area contributed by atoms with Crippen LogP contribution in [0.1, 0.15) is 19.4 Å². The lowest BCUT2D eigenvalue weighted by molar-refractivity contribution is 0.597. The number of hydrogen-bond donors (Lipinski definition) is 1. The van der Waals surface area contributed by atoms with Crippen LogP contribution >= 0.6 is 11.8 Å². The van der Waals surface area contributed by atoms with E-state index in [0.29, 0.717) is 0 Å². The molecule has 0 bridgehead atoms. The maximum Gasteiger partial charge on any atom is 0.238 e. The molecule has 0 aliphatic carbocycles. The molecule has 0 atom stereocenters. The summed E-state index contributed by atoms with van der Waals surface area (Å²) in [6, 6.07) is 6.69. The standard InChI is InChI=1S/C10H15NO2S2/c1-10(2,14-3)8-4-6-9(7-5-8)15(11,12)13/h4-7H,1-3H3,(H2,11,12,13).